The molecule has 0 aliphatic rings. The number of methoxy groups -OCH3 is 1. The predicted molar refractivity (Wildman–Crippen MR) is 64.8 cm³/mol. The topological polar surface area (TPSA) is 43.4 Å². The second-order valence-corrected chi connectivity index (χ2v) is 4.59. The van der Waals surface area contributed by atoms with Crippen LogP contribution in [0.15, 0.2) is 22.7 Å². The van der Waals surface area contributed by atoms with Gasteiger partial charge in [0.05, 0.1) is 12.1 Å². The highest BCUT2D eigenvalue weighted by molar-refractivity contribution is 9.10. The van der Waals surface area contributed by atoms with E-state index >= 15 is 0 Å². The van der Waals surface area contributed by atoms with Gasteiger partial charge in [0.25, 0.3) is 5.78 Å². The molecule has 0 saturated heterocycles. The second kappa shape index (κ2) is 5.66. The Hall–Kier alpha value is -0.580. The molecule has 3 nitrogen and oxygen atoms in total. The highest BCUT2D eigenvalue weighted by Gasteiger charge is 2.25. The monoisotopic (exact) mass is 324 g/mol. The van der Waals surface area contributed by atoms with Gasteiger partial charge in [0, 0.05) is 4.47 Å². The maximum absolute atomic E-state index is 11.4. The Kier molecular flexibility index (Phi) is 4.77. The molecule has 0 aromatic heterocycles. The van der Waals surface area contributed by atoms with E-state index in [2.05, 4.69) is 20.7 Å². The molecular formula is C10H7BrCl2O3. The minimum atomic E-state index is -1.07. The largest absolute Gasteiger partial charge is 0.463 e. The summed E-state index contributed by atoms with van der Waals surface area (Å²) >= 11 is 14.8. The van der Waals surface area contributed by atoms with Gasteiger partial charge < -0.3 is 4.74 Å². The number of carbonyl (C=O) groups excluding carboxylic acids is 2. The van der Waals surface area contributed by atoms with Crippen molar-refractivity contribution in [1.29, 1.82) is 0 Å². The summed E-state index contributed by atoms with van der Waals surface area (Å²) in [6.45, 7) is 0. The number of hydrogen-bond acceptors (Lipinski definition) is 3. The first-order valence-corrected chi connectivity index (χ1v) is 5.79. The summed E-state index contributed by atoms with van der Waals surface area (Å²) in [7, 11) is 1.13. The van der Waals surface area contributed by atoms with Crippen molar-refractivity contribution in [1.82, 2.24) is 0 Å². The number of alkyl halides is 1. The number of benzene rings is 1. The lowest BCUT2D eigenvalue weighted by Crippen LogP contribution is -2.20. The van der Waals surface area contributed by atoms with E-state index in [-0.39, 0.29) is 0 Å². The van der Waals surface area contributed by atoms with E-state index in [1.165, 1.54) is 0 Å². The smallest absolute Gasteiger partial charge is 0.376 e. The van der Waals surface area contributed by atoms with Gasteiger partial charge in [-0.3, -0.25) is 4.79 Å². The molecule has 1 unspecified atom stereocenters. The molecule has 0 spiro atoms. The van der Waals surface area contributed by atoms with Gasteiger partial charge in [0.15, 0.2) is 0 Å². The van der Waals surface area contributed by atoms with Crippen LogP contribution in [0.3, 0.4) is 0 Å². The molecule has 1 aromatic rings. The highest BCUT2D eigenvalue weighted by Crippen LogP contribution is 2.29. The van der Waals surface area contributed by atoms with Crippen LogP contribution in [0.4, 0.5) is 0 Å². The fraction of sp³-hybridized carbons (Fsp3) is 0.200. The van der Waals surface area contributed by atoms with Crippen molar-refractivity contribution in [2.45, 2.75) is 5.38 Å². The van der Waals surface area contributed by atoms with Crippen molar-refractivity contribution in [3.05, 3.63) is 33.3 Å². The molecule has 0 radical (unpaired) electrons. The minimum Gasteiger partial charge on any atom is -0.463 e. The average molecular weight is 326 g/mol. The molecule has 0 saturated carbocycles. The summed E-state index contributed by atoms with van der Waals surface area (Å²) in [5, 5.41) is -0.570. The fourth-order valence-corrected chi connectivity index (χ4v) is 1.76. The Labute approximate surface area is 111 Å². The van der Waals surface area contributed by atoms with E-state index < -0.39 is 17.1 Å². The summed E-state index contributed by atoms with van der Waals surface area (Å²) in [4.78, 5) is 22.4. The molecule has 0 fully saturated rings. The van der Waals surface area contributed by atoms with Crippen LogP contribution in [0.5, 0.6) is 0 Å². The molecule has 1 rings (SSSR count). The lowest BCUT2D eigenvalue weighted by atomic mass is 10.1. The number of Topliss-reactive ketones (excluding diaryl/α,β-unsaturated/α-hetero) is 1. The van der Waals surface area contributed by atoms with Crippen molar-refractivity contribution in [3.63, 3.8) is 0 Å². The van der Waals surface area contributed by atoms with Crippen LogP contribution in [-0.4, -0.2) is 18.9 Å². The molecule has 0 N–H and O–H groups in total. The number of halogens is 3. The second-order valence-electron chi connectivity index (χ2n) is 2.89. The number of ether oxygens (including phenoxy) is 1. The minimum absolute atomic E-state index is 0.480. The van der Waals surface area contributed by atoms with E-state index in [0.717, 1.165) is 7.11 Å². The van der Waals surface area contributed by atoms with Crippen molar-refractivity contribution in [2.24, 2.45) is 0 Å². The third kappa shape index (κ3) is 2.97. The van der Waals surface area contributed by atoms with Crippen LogP contribution in [0.2, 0.25) is 5.02 Å². The van der Waals surface area contributed by atoms with Gasteiger partial charge in [-0.25, -0.2) is 4.79 Å². The molecule has 86 valence electrons. The van der Waals surface area contributed by atoms with Gasteiger partial charge in [-0.2, -0.15) is 0 Å². The predicted octanol–water partition coefficient (Wildman–Crippen LogP) is 3.12. The fourth-order valence-electron chi connectivity index (χ4n) is 1.03. The van der Waals surface area contributed by atoms with Crippen LogP contribution in [0.1, 0.15) is 10.9 Å². The van der Waals surface area contributed by atoms with Crippen molar-refractivity contribution >= 4 is 50.9 Å². The Morgan fingerprint density at radius 3 is 2.56 bits per heavy atom. The molecule has 6 heteroatoms. The van der Waals surface area contributed by atoms with Gasteiger partial charge in [-0.05, 0) is 33.6 Å². The molecule has 0 amide bonds. The molecule has 1 aromatic carbocycles. The normalized spacial score (nSPS) is 12.0. The Morgan fingerprint density at radius 1 is 1.44 bits per heavy atom. The van der Waals surface area contributed by atoms with Gasteiger partial charge >= 0.3 is 5.97 Å². The van der Waals surface area contributed by atoms with Crippen molar-refractivity contribution in [3.8, 4) is 0 Å². The zero-order chi connectivity index (χ0) is 12.3. The first kappa shape index (κ1) is 13.5. The van der Waals surface area contributed by atoms with Crippen LogP contribution in [-0.2, 0) is 14.3 Å². The number of rotatable bonds is 3. The SMILES string of the molecule is COC(=O)C(=O)C(Cl)c1ccc(Cl)c(Br)c1. The van der Waals surface area contributed by atoms with Crippen molar-refractivity contribution < 1.29 is 14.3 Å². The van der Waals surface area contributed by atoms with Crippen LogP contribution in [0.25, 0.3) is 0 Å². The molecule has 0 bridgehead atoms. The average Bonchev–Trinajstić information content (AvgIpc) is 2.29. The van der Waals surface area contributed by atoms with Crippen LogP contribution in [0, 0.1) is 0 Å². The summed E-state index contributed by atoms with van der Waals surface area (Å²) in [6, 6.07) is 4.74. The van der Waals surface area contributed by atoms with Gasteiger partial charge in [-0.1, -0.05) is 17.7 Å². The van der Waals surface area contributed by atoms with E-state index in [1.54, 1.807) is 18.2 Å². The summed E-state index contributed by atoms with van der Waals surface area (Å²) in [6.07, 6.45) is 0. The molecule has 0 aliphatic heterocycles. The third-order valence-corrected chi connectivity index (χ3v) is 3.52. The lowest BCUT2D eigenvalue weighted by Gasteiger charge is -2.08. The maximum Gasteiger partial charge on any atom is 0.376 e. The molecule has 0 heterocycles. The summed E-state index contributed by atoms with van der Waals surface area (Å²) in [5.41, 5.74) is 0.480. The summed E-state index contributed by atoms with van der Waals surface area (Å²) in [5.74, 6) is -1.77. The van der Waals surface area contributed by atoms with Gasteiger partial charge in [0.1, 0.15) is 5.38 Å². The Morgan fingerprint density at radius 2 is 2.06 bits per heavy atom. The van der Waals surface area contributed by atoms with E-state index in [9.17, 15) is 9.59 Å². The quantitative estimate of drug-likeness (QED) is 0.487. The summed E-state index contributed by atoms with van der Waals surface area (Å²) < 4.78 is 4.90. The Balaban J connectivity index is 2.96. The molecule has 1 atom stereocenters. The van der Waals surface area contributed by atoms with Crippen molar-refractivity contribution in [2.75, 3.05) is 7.11 Å². The van der Waals surface area contributed by atoms with Crippen LogP contribution < -0.4 is 0 Å². The number of hydrogen-bond donors (Lipinski definition) is 0. The standard InChI is InChI=1S/C10H7BrCl2O3/c1-16-10(15)9(14)8(13)5-2-3-7(12)6(11)4-5/h2-4,8H,1H3. The van der Waals surface area contributed by atoms with E-state index in [0.29, 0.717) is 15.1 Å². The first-order valence-electron chi connectivity index (χ1n) is 4.18. The lowest BCUT2D eigenvalue weighted by molar-refractivity contribution is -0.151. The first-order chi connectivity index (χ1) is 7.47. The number of carbonyl (C=O) groups is 2. The zero-order valence-corrected chi connectivity index (χ0v) is 11.3. The molecule has 0 aliphatic carbocycles. The molecule has 16 heavy (non-hydrogen) atoms. The van der Waals surface area contributed by atoms with Gasteiger partial charge in [-0.15, -0.1) is 11.6 Å². The molecular weight excluding hydrogens is 319 g/mol. The number of esters is 1. The zero-order valence-electron chi connectivity index (χ0n) is 8.17. The highest BCUT2D eigenvalue weighted by atomic mass is 79.9. The third-order valence-electron chi connectivity index (χ3n) is 1.85. The maximum atomic E-state index is 11.4. The van der Waals surface area contributed by atoms with Gasteiger partial charge in [0.2, 0.25) is 0 Å². The number of ketones is 1. The Bertz CT molecular complexity index is 434. The van der Waals surface area contributed by atoms with E-state index in [1.807, 2.05) is 0 Å². The van der Waals surface area contributed by atoms with E-state index in [4.69, 9.17) is 23.2 Å². The van der Waals surface area contributed by atoms with Crippen LogP contribution >= 0.6 is 39.1 Å².